The smallest absolute Gasteiger partial charge is 0.253 e. The molecule has 0 saturated heterocycles. The molecule has 1 aromatic rings. The fraction of sp³-hybridized carbons (Fsp3) is 0.500. The number of aromatic nitrogens is 1. The molecule has 1 N–H and O–H groups in total. The fourth-order valence-corrected chi connectivity index (χ4v) is 2.31. The molecule has 1 atom stereocenters. The van der Waals surface area contributed by atoms with Gasteiger partial charge in [0.05, 0.1) is 0 Å². The van der Waals surface area contributed by atoms with Crippen LogP contribution in [0.1, 0.15) is 55.0 Å². The Labute approximate surface area is 124 Å². The minimum Gasteiger partial charge on any atom is -0.307 e. The summed E-state index contributed by atoms with van der Waals surface area (Å²) < 4.78 is 0. The van der Waals surface area contributed by atoms with Crippen molar-refractivity contribution in [1.82, 2.24) is 10.3 Å². The number of carbonyl (C=O) groups excluding carboxylic acids is 2. The lowest BCUT2D eigenvalue weighted by atomic mass is 9.89. The van der Waals surface area contributed by atoms with Crippen molar-refractivity contribution >= 4 is 18.0 Å². The summed E-state index contributed by atoms with van der Waals surface area (Å²) in [5.74, 6) is 0.498. The number of rotatable bonds is 4. The van der Waals surface area contributed by atoms with Gasteiger partial charge >= 0.3 is 0 Å². The molecule has 0 bridgehead atoms. The van der Waals surface area contributed by atoms with Gasteiger partial charge in [-0.1, -0.05) is 20.8 Å². The molecule has 2 rings (SSSR count). The van der Waals surface area contributed by atoms with Crippen molar-refractivity contribution in [2.75, 3.05) is 0 Å². The van der Waals surface area contributed by atoms with Crippen molar-refractivity contribution in [2.24, 2.45) is 10.9 Å². The van der Waals surface area contributed by atoms with E-state index in [1.165, 1.54) is 0 Å². The van der Waals surface area contributed by atoms with E-state index in [0.29, 0.717) is 22.8 Å². The molecule has 1 aromatic heterocycles. The third-order valence-corrected chi connectivity index (χ3v) is 4.22. The zero-order valence-electron chi connectivity index (χ0n) is 13.2. The minimum absolute atomic E-state index is 0.0930. The van der Waals surface area contributed by atoms with Crippen LogP contribution in [0.2, 0.25) is 0 Å². The van der Waals surface area contributed by atoms with Crippen molar-refractivity contribution < 1.29 is 9.59 Å². The first-order valence-electron chi connectivity index (χ1n) is 7.20. The number of nitrogens with zero attached hydrogens (tertiary/aromatic N) is 2. The zero-order valence-corrected chi connectivity index (χ0v) is 13.2. The molecule has 0 spiro atoms. The molecule has 1 aliphatic rings. The average Bonchev–Trinajstić information content (AvgIpc) is 2.75. The summed E-state index contributed by atoms with van der Waals surface area (Å²) >= 11 is 0. The third-order valence-electron chi connectivity index (χ3n) is 4.22. The van der Waals surface area contributed by atoms with E-state index in [0.717, 1.165) is 18.3 Å². The van der Waals surface area contributed by atoms with Gasteiger partial charge in [0.2, 0.25) is 0 Å². The summed E-state index contributed by atoms with van der Waals surface area (Å²) in [6.45, 7) is 9.55. The van der Waals surface area contributed by atoms with Crippen molar-refractivity contribution in [3.63, 3.8) is 0 Å². The average molecular weight is 287 g/mol. The number of hydrogen-bond acceptors (Lipinski definition) is 4. The highest BCUT2D eigenvalue weighted by atomic mass is 16.2. The number of amides is 1. The van der Waals surface area contributed by atoms with E-state index < -0.39 is 5.54 Å². The Bertz CT molecular complexity index is 635. The maximum atomic E-state index is 12.2. The third kappa shape index (κ3) is 2.48. The van der Waals surface area contributed by atoms with Crippen molar-refractivity contribution in [3.05, 3.63) is 28.6 Å². The summed E-state index contributed by atoms with van der Waals surface area (Å²) in [6, 6.07) is 1.82. The molecular formula is C16H21N3O2. The molecule has 1 unspecified atom stereocenters. The molecule has 0 aromatic carbocycles. The first kappa shape index (κ1) is 15.4. The highest BCUT2D eigenvalue weighted by molar-refractivity contribution is 6.15. The highest BCUT2D eigenvalue weighted by Gasteiger charge is 2.42. The highest BCUT2D eigenvalue weighted by Crippen LogP contribution is 2.27. The van der Waals surface area contributed by atoms with Crippen LogP contribution in [0.3, 0.4) is 0 Å². The Hall–Kier alpha value is -2.04. The monoisotopic (exact) mass is 287 g/mol. The second-order valence-corrected chi connectivity index (χ2v) is 5.86. The minimum atomic E-state index is -0.765. The number of amidine groups is 1. The lowest BCUT2D eigenvalue weighted by Gasteiger charge is -2.21. The van der Waals surface area contributed by atoms with Crippen LogP contribution < -0.4 is 5.32 Å². The molecule has 0 saturated carbocycles. The largest absolute Gasteiger partial charge is 0.307 e. The van der Waals surface area contributed by atoms with E-state index in [-0.39, 0.29) is 11.8 Å². The van der Waals surface area contributed by atoms with Gasteiger partial charge in [0.1, 0.15) is 11.2 Å². The summed E-state index contributed by atoms with van der Waals surface area (Å²) in [5, 5.41) is 2.84. The Kier molecular flexibility index (Phi) is 3.94. The first-order chi connectivity index (χ1) is 9.83. The van der Waals surface area contributed by atoms with Crippen molar-refractivity contribution in [2.45, 2.75) is 46.6 Å². The Morgan fingerprint density at radius 2 is 2.10 bits per heavy atom. The van der Waals surface area contributed by atoms with Gasteiger partial charge in [-0.15, -0.1) is 0 Å². The Balaban J connectivity index is 2.55. The molecule has 2 heterocycles. The van der Waals surface area contributed by atoms with Crippen LogP contribution in [0, 0.1) is 12.8 Å². The van der Waals surface area contributed by atoms with Crippen LogP contribution in [0.5, 0.6) is 0 Å². The van der Waals surface area contributed by atoms with E-state index in [2.05, 4.69) is 15.3 Å². The van der Waals surface area contributed by atoms with E-state index in [1.807, 2.05) is 33.8 Å². The fourth-order valence-electron chi connectivity index (χ4n) is 2.31. The number of carbonyl (C=O) groups is 2. The molecule has 0 aliphatic carbocycles. The van der Waals surface area contributed by atoms with Crippen LogP contribution in [-0.4, -0.2) is 28.6 Å². The maximum Gasteiger partial charge on any atom is 0.253 e. The predicted octanol–water partition coefficient (Wildman–Crippen LogP) is 2.06. The first-order valence-corrected chi connectivity index (χ1v) is 7.20. The lowest BCUT2D eigenvalue weighted by molar-refractivity contribution is -0.124. The van der Waals surface area contributed by atoms with E-state index >= 15 is 0 Å². The SMILES string of the molecule is CCc1cc(C=O)c(C)nc1C1=NC(C)(C(C)C)C(=O)N1. The number of hydrogen-bond donors (Lipinski definition) is 1. The van der Waals surface area contributed by atoms with Crippen molar-refractivity contribution in [3.8, 4) is 0 Å². The van der Waals surface area contributed by atoms with Gasteiger partial charge in [0, 0.05) is 11.3 Å². The number of pyridine rings is 1. The van der Waals surface area contributed by atoms with Crippen LogP contribution in [0.4, 0.5) is 0 Å². The number of aliphatic imine (C=N–C) groups is 1. The topological polar surface area (TPSA) is 71.4 Å². The van der Waals surface area contributed by atoms with Gasteiger partial charge < -0.3 is 5.32 Å². The van der Waals surface area contributed by atoms with E-state index in [4.69, 9.17) is 0 Å². The molecular weight excluding hydrogens is 266 g/mol. The van der Waals surface area contributed by atoms with E-state index in [1.54, 1.807) is 6.92 Å². The summed E-state index contributed by atoms with van der Waals surface area (Å²) in [5.41, 5.74) is 2.03. The number of aryl methyl sites for hydroxylation is 2. The zero-order chi connectivity index (χ0) is 15.8. The summed E-state index contributed by atoms with van der Waals surface area (Å²) in [6.07, 6.45) is 1.52. The number of nitrogens with one attached hydrogen (secondary N) is 1. The van der Waals surface area contributed by atoms with Gasteiger partial charge in [-0.05, 0) is 37.8 Å². The van der Waals surface area contributed by atoms with Crippen LogP contribution >= 0.6 is 0 Å². The van der Waals surface area contributed by atoms with Crippen molar-refractivity contribution in [1.29, 1.82) is 0 Å². The molecule has 5 nitrogen and oxygen atoms in total. The summed E-state index contributed by atoms with van der Waals surface area (Å²) in [7, 11) is 0. The molecule has 1 aliphatic heterocycles. The Morgan fingerprint density at radius 1 is 1.43 bits per heavy atom. The van der Waals surface area contributed by atoms with Gasteiger partial charge in [0.25, 0.3) is 5.91 Å². The quantitative estimate of drug-likeness (QED) is 0.862. The van der Waals surface area contributed by atoms with Gasteiger partial charge in [-0.2, -0.15) is 0 Å². The maximum absolute atomic E-state index is 12.2. The molecule has 0 fully saturated rings. The second kappa shape index (κ2) is 5.39. The molecule has 5 heteroatoms. The standard InChI is InChI=1S/C16H21N3O2/c1-6-11-7-12(8-20)10(4)17-13(11)14-18-15(21)16(5,19-14)9(2)3/h7-9H,6H2,1-5H3,(H,18,19,21). The molecule has 21 heavy (non-hydrogen) atoms. The van der Waals surface area contributed by atoms with E-state index in [9.17, 15) is 9.59 Å². The predicted molar refractivity (Wildman–Crippen MR) is 81.7 cm³/mol. The van der Waals surface area contributed by atoms with Gasteiger partial charge in [-0.3, -0.25) is 9.59 Å². The second-order valence-electron chi connectivity index (χ2n) is 5.86. The molecule has 1 amide bonds. The normalized spacial score (nSPS) is 21.4. The molecule has 0 radical (unpaired) electrons. The van der Waals surface area contributed by atoms with Crippen LogP contribution in [-0.2, 0) is 11.2 Å². The van der Waals surface area contributed by atoms with Crippen LogP contribution in [0.15, 0.2) is 11.1 Å². The molecule has 112 valence electrons. The van der Waals surface area contributed by atoms with Gasteiger partial charge in [0.15, 0.2) is 12.1 Å². The number of aldehydes is 1. The van der Waals surface area contributed by atoms with Crippen LogP contribution in [0.25, 0.3) is 0 Å². The Morgan fingerprint density at radius 3 is 2.57 bits per heavy atom. The lowest BCUT2D eigenvalue weighted by Crippen LogP contribution is -2.41. The summed E-state index contributed by atoms with van der Waals surface area (Å²) in [4.78, 5) is 32.3. The van der Waals surface area contributed by atoms with Gasteiger partial charge in [-0.25, -0.2) is 9.98 Å².